The van der Waals surface area contributed by atoms with Crippen LogP contribution in [-0.4, -0.2) is 71.5 Å². The summed E-state index contributed by atoms with van der Waals surface area (Å²) < 4.78 is 5.11. The zero-order valence-corrected chi connectivity index (χ0v) is 14.1. The van der Waals surface area contributed by atoms with Gasteiger partial charge in [0.1, 0.15) is 6.33 Å². The van der Waals surface area contributed by atoms with Gasteiger partial charge >= 0.3 is 0 Å². The van der Waals surface area contributed by atoms with Crippen molar-refractivity contribution in [1.29, 1.82) is 0 Å². The highest BCUT2D eigenvalue weighted by atomic mass is 16.5. The van der Waals surface area contributed by atoms with Crippen molar-refractivity contribution in [2.75, 3.05) is 39.9 Å². The van der Waals surface area contributed by atoms with Crippen molar-refractivity contribution < 1.29 is 14.3 Å². The fraction of sp³-hybridized carbons (Fsp3) is 0.647. The monoisotopic (exact) mass is 332 g/mol. The first-order valence-corrected chi connectivity index (χ1v) is 8.49. The Hall–Kier alpha value is -2.02. The van der Waals surface area contributed by atoms with Crippen molar-refractivity contribution in [3.05, 3.63) is 24.3 Å². The van der Waals surface area contributed by atoms with Gasteiger partial charge in [-0.2, -0.15) is 0 Å². The summed E-state index contributed by atoms with van der Waals surface area (Å²) in [5.74, 6) is 0.186. The molecule has 0 saturated carbocycles. The molecule has 1 aromatic rings. The summed E-state index contributed by atoms with van der Waals surface area (Å²) in [6, 6.07) is 0. The molecule has 2 saturated heterocycles. The second-order valence-electron chi connectivity index (χ2n) is 6.59. The Balaban J connectivity index is 1.63. The summed E-state index contributed by atoms with van der Waals surface area (Å²) in [6.07, 6.45) is 7.90. The van der Waals surface area contributed by atoms with Gasteiger partial charge in [0.05, 0.1) is 17.6 Å². The van der Waals surface area contributed by atoms with Crippen LogP contribution in [0.5, 0.6) is 0 Å². The number of piperidine rings is 2. The molecule has 0 atom stereocenters. The Morgan fingerprint density at radius 1 is 1.21 bits per heavy atom. The first kappa shape index (κ1) is 16.8. The molecule has 1 aromatic heterocycles. The van der Waals surface area contributed by atoms with Crippen molar-refractivity contribution in [1.82, 2.24) is 19.8 Å². The molecular formula is C17H24N4O3. The number of aromatic nitrogens is 2. The van der Waals surface area contributed by atoms with Gasteiger partial charge in [-0.3, -0.25) is 9.59 Å². The van der Waals surface area contributed by atoms with Gasteiger partial charge in [0, 0.05) is 45.7 Å². The molecule has 130 valence electrons. The van der Waals surface area contributed by atoms with Gasteiger partial charge in [-0.15, -0.1) is 0 Å². The number of nitrogens with zero attached hydrogens (tertiary/aromatic N) is 4. The van der Waals surface area contributed by atoms with Crippen LogP contribution in [0.15, 0.2) is 18.7 Å². The summed E-state index contributed by atoms with van der Waals surface area (Å²) in [7, 11) is 1.65. The molecule has 0 unspecified atom stereocenters. The van der Waals surface area contributed by atoms with Crippen LogP contribution >= 0.6 is 0 Å². The van der Waals surface area contributed by atoms with Crippen LogP contribution in [-0.2, 0) is 9.53 Å². The highest BCUT2D eigenvalue weighted by Gasteiger charge is 2.46. The van der Waals surface area contributed by atoms with Crippen molar-refractivity contribution >= 4 is 11.8 Å². The number of methoxy groups -OCH3 is 1. The van der Waals surface area contributed by atoms with Gasteiger partial charge in [0.25, 0.3) is 5.91 Å². The fourth-order valence-electron chi connectivity index (χ4n) is 3.76. The molecule has 7 nitrogen and oxygen atoms in total. The molecule has 24 heavy (non-hydrogen) atoms. The lowest BCUT2D eigenvalue weighted by molar-refractivity contribution is -0.150. The van der Waals surface area contributed by atoms with E-state index in [1.54, 1.807) is 7.11 Å². The van der Waals surface area contributed by atoms with Crippen molar-refractivity contribution in [2.45, 2.75) is 25.7 Å². The molecule has 0 aliphatic carbocycles. The molecule has 2 amide bonds. The fourth-order valence-corrected chi connectivity index (χ4v) is 3.76. The van der Waals surface area contributed by atoms with E-state index < -0.39 is 0 Å². The maximum absolute atomic E-state index is 12.9. The third-order valence-electron chi connectivity index (χ3n) is 5.20. The average molecular weight is 332 g/mol. The second kappa shape index (κ2) is 7.25. The molecular weight excluding hydrogens is 308 g/mol. The predicted octanol–water partition coefficient (Wildman–Crippen LogP) is 0.968. The highest BCUT2D eigenvalue weighted by molar-refractivity contribution is 5.94. The van der Waals surface area contributed by atoms with E-state index in [4.69, 9.17) is 4.74 Å². The van der Waals surface area contributed by atoms with E-state index >= 15 is 0 Å². The van der Waals surface area contributed by atoms with Crippen molar-refractivity contribution in [3.63, 3.8) is 0 Å². The first-order valence-electron chi connectivity index (χ1n) is 8.49. The van der Waals surface area contributed by atoms with Gasteiger partial charge < -0.3 is 14.5 Å². The zero-order chi connectivity index (χ0) is 17.0. The Morgan fingerprint density at radius 2 is 1.92 bits per heavy atom. The molecule has 1 spiro atoms. The smallest absolute Gasteiger partial charge is 0.256 e. The number of likely N-dealkylation sites (tertiary alicyclic amines) is 2. The Bertz CT molecular complexity index is 585. The number of rotatable bonds is 4. The maximum atomic E-state index is 12.9. The van der Waals surface area contributed by atoms with Gasteiger partial charge in [0.15, 0.2) is 0 Å². The number of hydrogen-bond acceptors (Lipinski definition) is 5. The lowest BCUT2D eigenvalue weighted by Crippen LogP contribution is -2.54. The summed E-state index contributed by atoms with van der Waals surface area (Å²) in [4.78, 5) is 36.9. The largest absolute Gasteiger partial charge is 0.383 e. The Kier molecular flexibility index (Phi) is 5.08. The molecule has 3 rings (SSSR count). The van der Waals surface area contributed by atoms with Gasteiger partial charge in [0.2, 0.25) is 5.91 Å². The molecule has 2 aliphatic rings. The summed E-state index contributed by atoms with van der Waals surface area (Å²) in [5, 5.41) is 0. The number of amides is 2. The van der Waals surface area contributed by atoms with Crippen molar-refractivity contribution in [3.8, 4) is 0 Å². The third-order valence-corrected chi connectivity index (χ3v) is 5.20. The van der Waals surface area contributed by atoms with E-state index in [0.717, 1.165) is 32.2 Å². The van der Waals surface area contributed by atoms with E-state index in [-0.39, 0.29) is 17.2 Å². The molecule has 0 radical (unpaired) electrons. The molecule has 0 N–H and O–H groups in total. The predicted molar refractivity (Wildman–Crippen MR) is 87.3 cm³/mol. The van der Waals surface area contributed by atoms with Gasteiger partial charge in [-0.1, -0.05) is 0 Å². The third kappa shape index (κ3) is 3.26. The van der Waals surface area contributed by atoms with Crippen LogP contribution < -0.4 is 0 Å². The highest BCUT2D eigenvalue weighted by Crippen LogP contribution is 2.41. The van der Waals surface area contributed by atoms with E-state index in [2.05, 4.69) is 9.97 Å². The summed E-state index contributed by atoms with van der Waals surface area (Å²) in [6.45, 7) is 3.25. The van der Waals surface area contributed by atoms with Crippen LogP contribution in [0.2, 0.25) is 0 Å². The lowest BCUT2D eigenvalue weighted by Gasteiger charge is -2.46. The second-order valence-corrected chi connectivity index (χ2v) is 6.59. The summed E-state index contributed by atoms with van der Waals surface area (Å²) in [5.41, 5.74) is 0.209. The number of carbonyl (C=O) groups is 2. The number of carbonyl (C=O) groups excluding carboxylic acids is 2. The zero-order valence-electron chi connectivity index (χ0n) is 14.1. The summed E-state index contributed by atoms with van der Waals surface area (Å²) >= 11 is 0. The van der Waals surface area contributed by atoms with Crippen LogP contribution in [0.3, 0.4) is 0 Å². The van der Waals surface area contributed by atoms with E-state index in [1.807, 2.05) is 9.80 Å². The van der Waals surface area contributed by atoms with Crippen LogP contribution in [0.1, 0.15) is 36.0 Å². The quantitative estimate of drug-likeness (QED) is 0.821. The van der Waals surface area contributed by atoms with E-state index in [0.29, 0.717) is 31.8 Å². The van der Waals surface area contributed by atoms with E-state index in [9.17, 15) is 9.59 Å². The molecule has 0 bridgehead atoms. The standard InChI is InChI=1S/C17H24N4O3/c1-24-10-9-21-6-2-3-17(16(21)23)4-7-20(8-5-17)15(22)14-11-18-13-19-12-14/h11-13H,2-10H2,1H3. The van der Waals surface area contributed by atoms with Crippen LogP contribution in [0.4, 0.5) is 0 Å². The SMILES string of the molecule is COCCN1CCCC2(CCN(C(=O)c3cncnc3)CC2)C1=O. The van der Waals surface area contributed by atoms with E-state index in [1.165, 1.54) is 18.7 Å². The number of ether oxygens (including phenoxy) is 1. The normalized spacial score (nSPS) is 20.5. The molecule has 2 fully saturated rings. The Labute approximate surface area is 142 Å². The number of hydrogen-bond donors (Lipinski definition) is 0. The first-order chi connectivity index (χ1) is 11.7. The topological polar surface area (TPSA) is 75.6 Å². The molecule has 7 heteroatoms. The maximum Gasteiger partial charge on any atom is 0.256 e. The van der Waals surface area contributed by atoms with Crippen LogP contribution in [0, 0.1) is 5.41 Å². The van der Waals surface area contributed by atoms with Gasteiger partial charge in [-0.25, -0.2) is 9.97 Å². The molecule has 2 aliphatic heterocycles. The van der Waals surface area contributed by atoms with Crippen LogP contribution in [0.25, 0.3) is 0 Å². The Morgan fingerprint density at radius 3 is 2.58 bits per heavy atom. The van der Waals surface area contributed by atoms with Crippen molar-refractivity contribution in [2.24, 2.45) is 5.41 Å². The molecule has 0 aromatic carbocycles. The average Bonchev–Trinajstić information content (AvgIpc) is 2.64. The van der Waals surface area contributed by atoms with Gasteiger partial charge in [-0.05, 0) is 25.7 Å². The molecule has 3 heterocycles. The minimum absolute atomic E-state index is 0.0510. The minimum atomic E-state index is -0.296. The lowest BCUT2D eigenvalue weighted by atomic mass is 9.71. The minimum Gasteiger partial charge on any atom is -0.383 e.